The van der Waals surface area contributed by atoms with Gasteiger partial charge in [0.05, 0.1) is 13.2 Å². The molecule has 0 bridgehead atoms. The van der Waals surface area contributed by atoms with Crippen LogP contribution >= 0.6 is 0 Å². The molecule has 2 rings (SSSR count). The maximum Gasteiger partial charge on any atom is 0.139 e. The fourth-order valence-corrected chi connectivity index (χ4v) is 1.74. The first-order chi connectivity index (χ1) is 10.2. The molecule has 0 unspecified atom stereocenters. The zero-order valence-electron chi connectivity index (χ0n) is 12.2. The Balaban J connectivity index is 1.52. The molecule has 0 aliphatic carbocycles. The lowest BCUT2D eigenvalue weighted by molar-refractivity contribution is 0.0764. The number of hydrogen-bond donors (Lipinski definition) is 1. The molecule has 0 saturated carbocycles. The molecule has 21 heavy (non-hydrogen) atoms. The highest BCUT2D eigenvalue weighted by molar-refractivity contribution is 6.32. The third kappa shape index (κ3) is 5.79. The van der Waals surface area contributed by atoms with Crippen molar-refractivity contribution in [1.82, 2.24) is 0 Å². The molecule has 0 spiro atoms. The van der Waals surface area contributed by atoms with Crippen LogP contribution in [0.3, 0.4) is 0 Å². The smallest absolute Gasteiger partial charge is 0.139 e. The van der Waals surface area contributed by atoms with Crippen molar-refractivity contribution < 1.29 is 14.2 Å². The van der Waals surface area contributed by atoms with Crippen molar-refractivity contribution in [3.05, 3.63) is 48.5 Å². The average molecular weight is 285 g/mol. The molecular formula is C16H20BNO3. The molecule has 0 heterocycles. The van der Waals surface area contributed by atoms with E-state index in [4.69, 9.17) is 19.9 Å². The molecule has 0 aliphatic rings. The largest absolute Gasteiger partial charge is 0.491 e. The van der Waals surface area contributed by atoms with Crippen molar-refractivity contribution in [2.45, 2.75) is 0 Å². The number of ether oxygens (including phenoxy) is 3. The van der Waals surface area contributed by atoms with E-state index in [1.807, 2.05) is 56.4 Å². The topological polar surface area (TPSA) is 53.7 Å². The lowest BCUT2D eigenvalue weighted by Crippen LogP contribution is -2.12. The van der Waals surface area contributed by atoms with Gasteiger partial charge in [0.25, 0.3) is 0 Å². The third-order valence-corrected chi connectivity index (χ3v) is 2.89. The van der Waals surface area contributed by atoms with Crippen molar-refractivity contribution in [1.29, 1.82) is 0 Å². The summed E-state index contributed by atoms with van der Waals surface area (Å²) in [5.41, 5.74) is 7.55. The van der Waals surface area contributed by atoms with Gasteiger partial charge < -0.3 is 19.9 Å². The minimum atomic E-state index is 0.508. The molecule has 0 saturated heterocycles. The van der Waals surface area contributed by atoms with Gasteiger partial charge in [-0.3, -0.25) is 0 Å². The average Bonchev–Trinajstić information content (AvgIpc) is 2.50. The quantitative estimate of drug-likeness (QED) is 0.446. The number of anilines is 1. The molecule has 0 aromatic heterocycles. The predicted octanol–water partition coefficient (Wildman–Crippen LogP) is 1.00. The van der Waals surface area contributed by atoms with Crippen LogP contribution in [0.25, 0.3) is 0 Å². The Morgan fingerprint density at radius 2 is 1.19 bits per heavy atom. The van der Waals surface area contributed by atoms with E-state index in [1.165, 1.54) is 5.46 Å². The summed E-state index contributed by atoms with van der Waals surface area (Å²) in [5.74, 6) is 1.66. The molecule has 0 aliphatic heterocycles. The highest BCUT2D eigenvalue weighted by Crippen LogP contribution is 2.12. The fraction of sp³-hybridized carbons (Fsp3) is 0.250. The van der Waals surface area contributed by atoms with Crippen molar-refractivity contribution in [2.75, 3.05) is 32.2 Å². The normalized spacial score (nSPS) is 10.3. The van der Waals surface area contributed by atoms with Gasteiger partial charge in [-0.15, -0.1) is 0 Å². The Kier molecular flexibility index (Phi) is 5.97. The summed E-state index contributed by atoms with van der Waals surface area (Å²) in [4.78, 5) is 0. The number of nitrogen functional groups attached to an aromatic ring is 1. The zero-order chi connectivity index (χ0) is 14.9. The van der Waals surface area contributed by atoms with E-state index in [1.54, 1.807) is 0 Å². The maximum atomic E-state index is 5.60. The van der Waals surface area contributed by atoms with Gasteiger partial charge in [0, 0.05) is 5.69 Å². The summed E-state index contributed by atoms with van der Waals surface area (Å²) in [6.07, 6.45) is 0. The molecule has 0 radical (unpaired) electrons. The molecule has 0 fully saturated rings. The minimum absolute atomic E-state index is 0.508. The standard InChI is InChI=1S/C16H20BNO3/c17-13-1-5-15(6-2-13)20-11-9-19-10-12-21-16-7-3-14(18)4-8-16/h1-8H,9-12,17-18H2. The van der Waals surface area contributed by atoms with Gasteiger partial charge in [-0.1, -0.05) is 17.6 Å². The van der Waals surface area contributed by atoms with Crippen LogP contribution in [0.15, 0.2) is 48.5 Å². The van der Waals surface area contributed by atoms with Crippen LogP contribution in [0.1, 0.15) is 0 Å². The minimum Gasteiger partial charge on any atom is -0.491 e. The molecular weight excluding hydrogens is 265 g/mol. The summed E-state index contributed by atoms with van der Waals surface area (Å²) >= 11 is 0. The maximum absolute atomic E-state index is 5.60. The molecule has 0 amide bonds. The Morgan fingerprint density at radius 1 is 0.714 bits per heavy atom. The first-order valence-electron chi connectivity index (χ1n) is 6.99. The molecule has 4 nitrogen and oxygen atoms in total. The number of nitrogens with two attached hydrogens (primary N) is 1. The third-order valence-electron chi connectivity index (χ3n) is 2.89. The second-order valence-electron chi connectivity index (χ2n) is 4.69. The Hall–Kier alpha value is -2.14. The van der Waals surface area contributed by atoms with Crippen LogP contribution in [0.4, 0.5) is 5.69 Å². The van der Waals surface area contributed by atoms with Crippen molar-refractivity contribution in [3.8, 4) is 11.5 Å². The molecule has 2 aromatic rings. The summed E-state index contributed by atoms with van der Waals surface area (Å²) in [6.45, 7) is 2.11. The first kappa shape index (κ1) is 15.3. The SMILES string of the molecule is Bc1ccc(OCCOCCOc2ccc(N)cc2)cc1. The summed E-state index contributed by atoms with van der Waals surface area (Å²) in [5, 5.41) is 0. The number of hydrogen-bond acceptors (Lipinski definition) is 4. The van der Waals surface area contributed by atoms with Gasteiger partial charge in [-0.05, 0) is 36.4 Å². The van der Waals surface area contributed by atoms with E-state index in [0.717, 1.165) is 17.2 Å². The number of benzene rings is 2. The molecule has 2 aromatic carbocycles. The van der Waals surface area contributed by atoms with Gasteiger partial charge >= 0.3 is 0 Å². The van der Waals surface area contributed by atoms with E-state index >= 15 is 0 Å². The van der Waals surface area contributed by atoms with Crippen LogP contribution in [0, 0.1) is 0 Å². The van der Waals surface area contributed by atoms with Crippen LogP contribution in [0.5, 0.6) is 11.5 Å². The van der Waals surface area contributed by atoms with Crippen LogP contribution in [-0.4, -0.2) is 34.3 Å². The van der Waals surface area contributed by atoms with Crippen LogP contribution in [0.2, 0.25) is 0 Å². The lowest BCUT2D eigenvalue weighted by atomic mass is 9.97. The van der Waals surface area contributed by atoms with Gasteiger partial charge in [0.2, 0.25) is 0 Å². The van der Waals surface area contributed by atoms with E-state index in [-0.39, 0.29) is 0 Å². The summed E-state index contributed by atoms with van der Waals surface area (Å²) < 4.78 is 16.5. The van der Waals surface area contributed by atoms with Crippen molar-refractivity contribution >= 4 is 19.0 Å². The van der Waals surface area contributed by atoms with Crippen molar-refractivity contribution in [3.63, 3.8) is 0 Å². The number of rotatable bonds is 8. The predicted molar refractivity (Wildman–Crippen MR) is 87.3 cm³/mol. The highest BCUT2D eigenvalue weighted by atomic mass is 16.5. The second kappa shape index (κ2) is 8.22. The Labute approximate surface area is 126 Å². The lowest BCUT2D eigenvalue weighted by Gasteiger charge is -2.09. The molecule has 110 valence electrons. The monoisotopic (exact) mass is 285 g/mol. The highest BCUT2D eigenvalue weighted by Gasteiger charge is 1.95. The van der Waals surface area contributed by atoms with Crippen molar-refractivity contribution in [2.24, 2.45) is 0 Å². The van der Waals surface area contributed by atoms with Gasteiger partial charge in [-0.25, -0.2) is 0 Å². The van der Waals surface area contributed by atoms with E-state index < -0.39 is 0 Å². The van der Waals surface area contributed by atoms with Crippen LogP contribution < -0.4 is 20.7 Å². The van der Waals surface area contributed by atoms with E-state index in [9.17, 15) is 0 Å². The molecule has 0 atom stereocenters. The Bertz CT molecular complexity index is 479. The van der Waals surface area contributed by atoms with E-state index in [0.29, 0.717) is 26.4 Å². The first-order valence-corrected chi connectivity index (χ1v) is 6.99. The summed E-state index contributed by atoms with van der Waals surface area (Å²) in [6, 6.07) is 15.3. The second-order valence-corrected chi connectivity index (χ2v) is 4.69. The van der Waals surface area contributed by atoms with Gasteiger partial charge in [0.15, 0.2) is 0 Å². The molecule has 2 N–H and O–H groups in total. The van der Waals surface area contributed by atoms with Gasteiger partial charge in [-0.2, -0.15) is 0 Å². The molecule has 5 heteroatoms. The van der Waals surface area contributed by atoms with Gasteiger partial charge in [0.1, 0.15) is 32.6 Å². The van der Waals surface area contributed by atoms with E-state index in [2.05, 4.69) is 0 Å². The fourth-order valence-electron chi connectivity index (χ4n) is 1.74. The summed E-state index contributed by atoms with van der Waals surface area (Å²) in [7, 11) is 2.05. The zero-order valence-corrected chi connectivity index (χ0v) is 12.2. The Morgan fingerprint density at radius 3 is 1.71 bits per heavy atom. The van der Waals surface area contributed by atoms with Crippen LogP contribution in [-0.2, 0) is 4.74 Å².